The minimum absolute atomic E-state index is 0.00504. The van der Waals surface area contributed by atoms with E-state index in [0.717, 1.165) is 133 Å². The standard InChI is InChI=1S/C28H37N3O3.C28H32N2O4.C25H31ClN2O4.C25H33N3O3/c1-2-33-24-19-25(22-9-5-3-6-10-22)34-28(20-24)13-17-31(18-14-28)27(32)23-11-12-26(29-21-23)30-15-7-4-8-16-30;1-3-33-21-17-25(20-9-5-4-6-10-20)34-28(19-21)13-15-30(16-14-28)27(31)24-18-26(32-2)22-11-7-8-12-23(22)29-24;1-3-30-20-15-22(18-8-6-5-7-9-18)32-25(16-20)10-12-28(13-11-25)24(29)21-14-19(26)17-27-23(21)31-4-2;1-4-30-20-17-22(19-9-6-5-7-10-19)31-25(18-20)12-15-28(16-13-25)24(29)21-11-8-14-26-23(21)27(2)3/h3,5-6,9-12,21,24-25H,2,4,7-8,13-20H2,1H3;4-12,18,21,25H,3,13-17,19H2,1-2H3;5-9,14,17,20,22H,3-4,10-13,15-16H2,1-2H3;5-11,14,20,22H,4,12-13,15-18H2,1-3H3. The molecule has 8 atom stereocenters. The number of amides is 4. The lowest BCUT2D eigenvalue weighted by molar-refractivity contribution is -0.191. The van der Waals surface area contributed by atoms with E-state index in [2.05, 4.69) is 124 Å². The zero-order valence-corrected chi connectivity index (χ0v) is 78.5. The molecule has 8 unspecified atom stereocenters. The molecule has 4 aromatic heterocycles. The summed E-state index contributed by atoms with van der Waals surface area (Å²) in [7, 11) is 5.45. The number of nitrogens with zero attached hydrogens (tertiary/aromatic N) is 10. The molecule has 698 valence electrons. The van der Waals surface area contributed by atoms with Crippen LogP contribution in [0.25, 0.3) is 10.9 Å². The average molecular weight is 1810 g/mol. The number of para-hydroxylation sites is 1. The van der Waals surface area contributed by atoms with Gasteiger partial charge in [0.15, 0.2) is 0 Å². The van der Waals surface area contributed by atoms with Crippen LogP contribution in [0.15, 0.2) is 201 Å². The molecule has 9 aliphatic heterocycles. The summed E-state index contributed by atoms with van der Waals surface area (Å²) in [6, 6.07) is 60.4. The first-order valence-electron chi connectivity index (χ1n) is 47.9. The monoisotopic (exact) mass is 1800 g/mol. The molecule has 18 rings (SSSR count). The first-order valence-corrected chi connectivity index (χ1v) is 48.3. The number of fused-ring (bicyclic) bond motifs is 1. The van der Waals surface area contributed by atoms with Gasteiger partial charge in [0.05, 0.1) is 107 Å². The van der Waals surface area contributed by atoms with Crippen molar-refractivity contribution < 1.29 is 66.5 Å². The third-order valence-electron chi connectivity index (χ3n) is 27.6. The fourth-order valence-corrected chi connectivity index (χ4v) is 21.1. The Morgan fingerprint density at radius 3 is 1.21 bits per heavy atom. The SMILES string of the molecule is CCOC1CC(c2ccccc2)OC2(CCN(C(=O)c3cc(OC)c4ccccc4n3)CC2)C1.CCOC1CC(c2ccccc2)OC2(CCN(C(=O)c3ccc(N4CCCCC4)nc3)CC2)C1.CCOC1CC(c2ccccc2)OC2(CCN(C(=O)c3cccnc3N(C)C)CC2)C1.CCOc1ncc(Cl)cc1C(=O)N1CCC2(CC1)CC(OCC)CC(c1ccccc1)O2. The van der Waals surface area contributed by atoms with E-state index in [9.17, 15) is 19.2 Å². The van der Waals surface area contributed by atoms with Gasteiger partial charge in [-0.05, 0) is 170 Å². The number of carbonyl (C=O) groups is 4. The van der Waals surface area contributed by atoms with Gasteiger partial charge in [0, 0.05) is 187 Å². The number of aromatic nitrogens is 4. The fourth-order valence-electron chi connectivity index (χ4n) is 20.9. The summed E-state index contributed by atoms with van der Waals surface area (Å²) in [5.41, 5.74) is 6.69. The molecule has 25 heteroatoms. The molecule has 0 bridgehead atoms. The molecule has 9 saturated heterocycles. The quantitative estimate of drug-likeness (QED) is 0.0650. The van der Waals surface area contributed by atoms with Gasteiger partial charge < -0.3 is 76.8 Å². The van der Waals surface area contributed by atoms with Crippen molar-refractivity contribution in [1.29, 1.82) is 0 Å². The number of rotatable bonds is 21. The average Bonchev–Trinajstić information content (AvgIpc) is 0.787. The first kappa shape index (κ1) is 95.6. The van der Waals surface area contributed by atoms with Crippen LogP contribution < -0.4 is 19.3 Å². The van der Waals surface area contributed by atoms with Gasteiger partial charge in [-0.1, -0.05) is 145 Å². The van der Waals surface area contributed by atoms with E-state index in [-0.39, 0.29) is 94.9 Å². The van der Waals surface area contributed by atoms with Gasteiger partial charge in [-0.15, -0.1) is 0 Å². The molecule has 9 aliphatic rings. The van der Waals surface area contributed by atoms with Crippen LogP contribution in [0.4, 0.5) is 11.6 Å². The minimum Gasteiger partial charge on any atom is -0.496 e. The predicted octanol–water partition coefficient (Wildman–Crippen LogP) is 19.3. The Labute approximate surface area is 778 Å². The van der Waals surface area contributed by atoms with E-state index < -0.39 is 0 Å². The third-order valence-corrected chi connectivity index (χ3v) is 27.8. The topological polar surface area (TPSA) is 232 Å². The van der Waals surface area contributed by atoms with Gasteiger partial charge in [0.1, 0.15) is 28.6 Å². The molecular formula is C106H133ClN10O14. The summed E-state index contributed by atoms with van der Waals surface area (Å²) < 4.78 is 62.4. The Balaban J connectivity index is 0.000000134. The Bertz CT molecular complexity index is 5150. The van der Waals surface area contributed by atoms with Crippen LogP contribution in [0.1, 0.15) is 245 Å². The van der Waals surface area contributed by atoms with Gasteiger partial charge in [0.25, 0.3) is 23.6 Å². The van der Waals surface area contributed by atoms with Gasteiger partial charge in [-0.25, -0.2) is 19.9 Å². The lowest BCUT2D eigenvalue weighted by Gasteiger charge is -2.49. The summed E-state index contributed by atoms with van der Waals surface area (Å²) in [5.74, 6) is 2.65. The summed E-state index contributed by atoms with van der Waals surface area (Å²) in [6.45, 7) is 20.7. The van der Waals surface area contributed by atoms with Crippen LogP contribution >= 0.6 is 11.6 Å². The second-order valence-electron chi connectivity index (χ2n) is 36.4. The molecule has 9 fully saturated rings. The Morgan fingerprint density at radius 2 is 0.817 bits per heavy atom. The van der Waals surface area contributed by atoms with Crippen LogP contribution in [-0.4, -0.2) is 230 Å². The van der Waals surface area contributed by atoms with Crippen molar-refractivity contribution in [3.05, 3.63) is 250 Å². The van der Waals surface area contributed by atoms with Crippen molar-refractivity contribution in [2.75, 3.05) is 129 Å². The number of pyridine rings is 4. The van der Waals surface area contributed by atoms with Gasteiger partial charge in [0.2, 0.25) is 5.88 Å². The lowest BCUT2D eigenvalue weighted by Crippen LogP contribution is -2.52. The van der Waals surface area contributed by atoms with Crippen molar-refractivity contribution in [1.82, 2.24) is 39.5 Å². The first-order chi connectivity index (χ1) is 63.8. The van der Waals surface area contributed by atoms with Crippen molar-refractivity contribution >= 4 is 57.8 Å². The molecule has 131 heavy (non-hydrogen) atoms. The zero-order valence-electron chi connectivity index (χ0n) is 77.8. The van der Waals surface area contributed by atoms with E-state index in [1.807, 2.05) is 144 Å². The van der Waals surface area contributed by atoms with Crippen LogP contribution in [0, 0.1) is 0 Å². The molecule has 5 aromatic carbocycles. The molecular weight excluding hydrogens is 1670 g/mol. The zero-order chi connectivity index (χ0) is 91.3. The van der Waals surface area contributed by atoms with Crippen LogP contribution in [0.3, 0.4) is 0 Å². The van der Waals surface area contributed by atoms with Crippen molar-refractivity contribution in [2.24, 2.45) is 0 Å². The van der Waals surface area contributed by atoms with E-state index >= 15 is 0 Å². The van der Waals surface area contributed by atoms with E-state index in [0.29, 0.717) is 130 Å². The summed E-state index contributed by atoms with van der Waals surface area (Å²) >= 11 is 6.11. The number of benzene rings is 5. The second kappa shape index (κ2) is 45.2. The number of carbonyl (C=O) groups excluding carboxylic acids is 4. The highest BCUT2D eigenvalue weighted by Crippen LogP contribution is 2.50. The molecule has 13 heterocycles. The van der Waals surface area contributed by atoms with Gasteiger partial charge >= 0.3 is 0 Å². The molecule has 4 amide bonds. The number of hydrogen-bond acceptors (Lipinski definition) is 20. The highest BCUT2D eigenvalue weighted by atomic mass is 35.5. The molecule has 9 aromatic rings. The lowest BCUT2D eigenvalue weighted by atomic mass is 9.80. The number of hydrogen-bond donors (Lipinski definition) is 0. The van der Waals surface area contributed by atoms with E-state index in [1.54, 1.807) is 31.6 Å². The van der Waals surface area contributed by atoms with Crippen LogP contribution in [0.5, 0.6) is 11.6 Å². The third kappa shape index (κ3) is 24.0. The number of piperidine rings is 5. The van der Waals surface area contributed by atoms with E-state index in [4.69, 9.17) is 59.0 Å². The Hall–Kier alpha value is -9.99. The van der Waals surface area contributed by atoms with Crippen LogP contribution in [0.2, 0.25) is 5.02 Å². The van der Waals surface area contributed by atoms with Gasteiger partial charge in [-0.2, -0.15) is 0 Å². The van der Waals surface area contributed by atoms with Crippen molar-refractivity contribution in [3.8, 4) is 11.6 Å². The van der Waals surface area contributed by atoms with Crippen molar-refractivity contribution in [2.45, 2.75) is 228 Å². The maximum absolute atomic E-state index is 13.4. The Kier molecular flexibility index (Phi) is 33.0. The molecule has 24 nitrogen and oxygen atoms in total. The number of ether oxygens (including phenoxy) is 10. The highest BCUT2D eigenvalue weighted by molar-refractivity contribution is 6.30. The smallest absolute Gasteiger partial charge is 0.272 e. The minimum atomic E-state index is -0.287. The molecule has 0 saturated carbocycles. The number of likely N-dealkylation sites (tertiary alicyclic amines) is 4. The van der Waals surface area contributed by atoms with Gasteiger partial charge in [-0.3, -0.25) is 19.2 Å². The number of methoxy groups -OCH3 is 1. The number of anilines is 2. The molecule has 0 aliphatic carbocycles. The Morgan fingerprint density at radius 1 is 0.420 bits per heavy atom. The summed E-state index contributed by atoms with van der Waals surface area (Å²) in [5, 5.41) is 1.33. The predicted molar refractivity (Wildman–Crippen MR) is 509 cm³/mol. The normalized spacial score (nSPS) is 23.2. The molecule has 0 radical (unpaired) electrons. The number of halogens is 1. The summed E-state index contributed by atoms with van der Waals surface area (Å²) in [6.07, 6.45) is 22.9. The van der Waals surface area contributed by atoms with Crippen LogP contribution in [-0.2, 0) is 37.9 Å². The van der Waals surface area contributed by atoms with Crippen molar-refractivity contribution in [3.63, 3.8) is 0 Å². The fraction of sp³-hybridized carbons (Fsp3) is 0.509. The largest absolute Gasteiger partial charge is 0.496 e. The maximum Gasteiger partial charge on any atom is 0.272 e. The highest BCUT2D eigenvalue weighted by Gasteiger charge is 2.50. The maximum atomic E-state index is 13.4. The molecule has 4 spiro atoms. The molecule has 0 N–H and O–H groups in total. The second-order valence-corrected chi connectivity index (χ2v) is 36.9. The van der Waals surface area contributed by atoms with E-state index in [1.165, 1.54) is 47.7 Å². The summed E-state index contributed by atoms with van der Waals surface area (Å²) in [4.78, 5) is 82.8.